The van der Waals surface area contributed by atoms with Gasteiger partial charge in [0.2, 0.25) is 0 Å². The molecule has 0 saturated carbocycles. The van der Waals surface area contributed by atoms with Crippen LogP contribution in [0.5, 0.6) is 11.5 Å². The Morgan fingerprint density at radius 3 is 2.04 bits per heavy atom. The van der Waals surface area contributed by atoms with Crippen LogP contribution in [0.15, 0.2) is 24.3 Å². The molecular formula is C17H22O9. The van der Waals surface area contributed by atoms with Crippen LogP contribution < -0.4 is 9.47 Å². The molecule has 1 fully saturated rings. The monoisotopic (exact) mass is 370 g/mol. The first kappa shape index (κ1) is 20.1. The summed E-state index contributed by atoms with van der Waals surface area (Å²) in [5.74, 6) is 0.137. The van der Waals surface area contributed by atoms with E-state index in [-0.39, 0.29) is 19.0 Å². The molecule has 26 heavy (non-hydrogen) atoms. The third kappa shape index (κ3) is 5.40. The molecule has 1 saturated heterocycles. The molecule has 1 aromatic rings. The molecule has 4 unspecified atom stereocenters. The van der Waals surface area contributed by atoms with Crippen LogP contribution in [-0.2, 0) is 28.5 Å². The predicted molar refractivity (Wildman–Crippen MR) is 86.7 cm³/mol. The average molecular weight is 370 g/mol. The average Bonchev–Trinajstić information content (AvgIpc) is 2.94. The SMILES string of the molecule is COC1OC(OC)C(OC(=O)COc2ccc(OCC(C)=O)cc2)C1O. The lowest BCUT2D eigenvalue weighted by molar-refractivity contribution is -0.209. The highest BCUT2D eigenvalue weighted by Crippen LogP contribution is 2.25. The molecule has 1 N–H and O–H groups in total. The van der Waals surface area contributed by atoms with Gasteiger partial charge in [-0.3, -0.25) is 4.79 Å². The number of aliphatic hydroxyl groups excluding tert-OH is 1. The van der Waals surface area contributed by atoms with Gasteiger partial charge in [-0.15, -0.1) is 0 Å². The van der Waals surface area contributed by atoms with Crippen molar-refractivity contribution >= 4 is 11.8 Å². The number of hydrogen-bond acceptors (Lipinski definition) is 9. The van der Waals surface area contributed by atoms with Crippen molar-refractivity contribution < 1.29 is 43.1 Å². The summed E-state index contributed by atoms with van der Waals surface area (Å²) in [7, 11) is 2.72. The number of rotatable bonds is 9. The lowest BCUT2D eigenvalue weighted by Gasteiger charge is -2.19. The van der Waals surface area contributed by atoms with Crippen LogP contribution in [0, 0.1) is 0 Å². The number of Topliss-reactive ketones (excluding diaryl/α,β-unsaturated/α-hetero) is 1. The molecule has 1 aliphatic rings. The molecule has 9 heteroatoms. The van der Waals surface area contributed by atoms with Crippen molar-refractivity contribution in [2.45, 2.75) is 31.7 Å². The van der Waals surface area contributed by atoms with E-state index in [1.807, 2.05) is 0 Å². The fourth-order valence-corrected chi connectivity index (χ4v) is 2.26. The molecule has 1 heterocycles. The van der Waals surface area contributed by atoms with Crippen LogP contribution in [0.25, 0.3) is 0 Å². The Bertz CT molecular complexity index is 599. The second kappa shape index (κ2) is 9.48. The molecule has 4 atom stereocenters. The van der Waals surface area contributed by atoms with E-state index in [1.54, 1.807) is 24.3 Å². The topological polar surface area (TPSA) is 110 Å². The van der Waals surface area contributed by atoms with Crippen molar-refractivity contribution in [3.63, 3.8) is 0 Å². The lowest BCUT2D eigenvalue weighted by atomic mass is 10.2. The van der Waals surface area contributed by atoms with E-state index in [0.29, 0.717) is 11.5 Å². The minimum absolute atomic E-state index is 0.0125. The van der Waals surface area contributed by atoms with E-state index in [0.717, 1.165) is 0 Å². The second-order valence-electron chi connectivity index (χ2n) is 5.54. The smallest absolute Gasteiger partial charge is 0.344 e. The van der Waals surface area contributed by atoms with E-state index in [2.05, 4.69) is 0 Å². The summed E-state index contributed by atoms with van der Waals surface area (Å²) in [5.41, 5.74) is 0. The Morgan fingerprint density at radius 1 is 1.00 bits per heavy atom. The van der Waals surface area contributed by atoms with Crippen molar-refractivity contribution in [1.29, 1.82) is 0 Å². The molecule has 1 aromatic carbocycles. The van der Waals surface area contributed by atoms with Gasteiger partial charge in [-0.05, 0) is 31.2 Å². The van der Waals surface area contributed by atoms with E-state index < -0.39 is 30.8 Å². The van der Waals surface area contributed by atoms with Gasteiger partial charge in [0.25, 0.3) is 0 Å². The van der Waals surface area contributed by atoms with E-state index >= 15 is 0 Å². The summed E-state index contributed by atoms with van der Waals surface area (Å²) >= 11 is 0. The van der Waals surface area contributed by atoms with Crippen LogP contribution in [0.2, 0.25) is 0 Å². The first-order chi connectivity index (χ1) is 12.4. The number of hydrogen-bond donors (Lipinski definition) is 1. The molecule has 0 spiro atoms. The molecule has 0 aliphatic carbocycles. The highest BCUT2D eigenvalue weighted by molar-refractivity contribution is 5.77. The summed E-state index contributed by atoms with van der Waals surface area (Å²) in [4.78, 5) is 22.8. The van der Waals surface area contributed by atoms with Gasteiger partial charge in [-0.1, -0.05) is 0 Å². The van der Waals surface area contributed by atoms with Crippen molar-refractivity contribution in [1.82, 2.24) is 0 Å². The van der Waals surface area contributed by atoms with Gasteiger partial charge in [0, 0.05) is 14.2 Å². The van der Waals surface area contributed by atoms with Crippen LogP contribution in [0.1, 0.15) is 6.92 Å². The molecule has 1 aliphatic heterocycles. The van der Waals surface area contributed by atoms with Gasteiger partial charge in [-0.2, -0.15) is 0 Å². The maximum Gasteiger partial charge on any atom is 0.344 e. The number of carbonyl (C=O) groups excluding carboxylic acids is 2. The van der Waals surface area contributed by atoms with Gasteiger partial charge in [0.15, 0.2) is 31.1 Å². The zero-order chi connectivity index (χ0) is 19.1. The van der Waals surface area contributed by atoms with Crippen molar-refractivity contribution in [2.24, 2.45) is 0 Å². The maximum absolute atomic E-state index is 11.9. The fourth-order valence-electron chi connectivity index (χ4n) is 2.26. The molecule has 2 rings (SSSR count). The van der Waals surface area contributed by atoms with E-state index in [1.165, 1.54) is 21.1 Å². The summed E-state index contributed by atoms with van der Waals surface area (Å²) in [6, 6.07) is 6.41. The Kier molecular flexibility index (Phi) is 7.34. The molecule has 0 bridgehead atoms. The molecule has 9 nitrogen and oxygen atoms in total. The molecule has 0 radical (unpaired) electrons. The van der Waals surface area contributed by atoms with Gasteiger partial charge in [0.05, 0.1) is 0 Å². The molecule has 0 aromatic heterocycles. The number of methoxy groups -OCH3 is 2. The molecular weight excluding hydrogens is 348 g/mol. The zero-order valence-electron chi connectivity index (χ0n) is 14.7. The van der Waals surface area contributed by atoms with Crippen molar-refractivity contribution in [3.8, 4) is 11.5 Å². The number of esters is 1. The number of aliphatic hydroxyl groups is 1. The third-order valence-electron chi connectivity index (χ3n) is 3.51. The zero-order valence-corrected chi connectivity index (χ0v) is 14.7. The third-order valence-corrected chi connectivity index (χ3v) is 3.51. The Balaban J connectivity index is 1.82. The van der Waals surface area contributed by atoms with Crippen LogP contribution in [-0.4, -0.2) is 69.1 Å². The quantitative estimate of drug-likeness (QED) is 0.613. The predicted octanol–water partition coefficient (Wildman–Crippen LogP) is 0.281. The van der Waals surface area contributed by atoms with Gasteiger partial charge < -0.3 is 33.5 Å². The van der Waals surface area contributed by atoms with Crippen LogP contribution in [0.3, 0.4) is 0 Å². The van der Waals surface area contributed by atoms with Gasteiger partial charge in [-0.25, -0.2) is 4.79 Å². The summed E-state index contributed by atoms with van der Waals surface area (Å²) in [6.45, 7) is 1.05. The molecule has 144 valence electrons. The summed E-state index contributed by atoms with van der Waals surface area (Å²) < 4.78 is 30.9. The summed E-state index contributed by atoms with van der Waals surface area (Å²) in [5, 5.41) is 10.0. The normalized spacial score (nSPS) is 24.9. The highest BCUT2D eigenvalue weighted by Gasteiger charge is 2.47. The molecule has 0 amide bonds. The minimum Gasteiger partial charge on any atom is -0.486 e. The largest absolute Gasteiger partial charge is 0.486 e. The maximum atomic E-state index is 11.9. The highest BCUT2D eigenvalue weighted by atomic mass is 16.8. The standard InChI is InChI=1S/C17H22O9/c1-10(18)8-23-11-4-6-12(7-5-11)24-9-13(19)25-15-14(20)16(21-2)26-17(15)22-3/h4-7,14-17,20H,8-9H2,1-3H3. The van der Waals surface area contributed by atoms with Gasteiger partial charge in [0.1, 0.15) is 24.2 Å². The van der Waals surface area contributed by atoms with Gasteiger partial charge >= 0.3 is 5.97 Å². The minimum atomic E-state index is -1.17. The first-order valence-corrected chi connectivity index (χ1v) is 7.88. The fraction of sp³-hybridized carbons (Fsp3) is 0.529. The summed E-state index contributed by atoms with van der Waals surface area (Å²) in [6.07, 6.45) is -4.08. The van der Waals surface area contributed by atoms with Crippen molar-refractivity contribution in [3.05, 3.63) is 24.3 Å². The number of ketones is 1. The van der Waals surface area contributed by atoms with Crippen LogP contribution in [0.4, 0.5) is 0 Å². The van der Waals surface area contributed by atoms with E-state index in [4.69, 9.17) is 28.4 Å². The Morgan fingerprint density at radius 2 is 1.54 bits per heavy atom. The van der Waals surface area contributed by atoms with E-state index in [9.17, 15) is 14.7 Å². The second-order valence-corrected chi connectivity index (χ2v) is 5.54. The Hall–Kier alpha value is -2.20. The number of benzene rings is 1. The van der Waals surface area contributed by atoms with Crippen LogP contribution >= 0.6 is 0 Å². The number of ether oxygens (including phenoxy) is 6. The lowest BCUT2D eigenvalue weighted by Crippen LogP contribution is -2.39. The number of carbonyl (C=O) groups is 2. The first-order valence-electron chi connectivity index (χ1n) is 7.88. The van der Waals surface area contributed by atoms with Crippen molar-refractivity contribution in [2.75, 3.05) is 27.4 Å². The Labute approximate surface area is 150 Å².